The molecule has 1 unspecified atom stereocenters. The molecule has 0 bridgehead atoms. The number of ether oxygens (including phenoxy) is 2. The van der Waals surface area contributed by atoms with Gasteiger partial charge >= 0.3 is 0 Å². The fourth-order valence-corrected chi connectivity index (χ4v) is 5.83. The Labute approximate surface area is 247 Å². The molecule has 11 heteroatoms. The van der Waals surface area contributed by atoms with Crippen LogP contribution in [0, 0.1) is 0 Å². The van der Waals surface area contributed by atoms with Crippen LogP contribution in [-0.4, -0.2) is 58.5 Å². The Morgan fingerprint density at radius 3 is 2.34 bits per heavy atom. The van der Waals surface area contributed by atoms with Crippen LogP contribution < -0.4 is 19.1 Å². The molecule has 3 aromatic carbocycles. The van der Waals surface area contributed by atoms with Crippen molar-refractivity contribution in [3.8, 4) is 11.5 Å². The van der Waals surface area contributed by atoms with E-state index in [1.807, 2.05) is 6.92 Å². The lowest BCUT2D eigenvalue weighted by Crippen LogP contribution is -2.51. The summed E-state index contributed by atoms with van der Waals surface area (Å²) in [4.78, 5) is 28.5. The van der Waals surface area contributed by atoms with Crippen LogP contribution in [0.4, 0.5) is 5.69 Å². The number of carbonyl (C=O) groups is 2. The van der Waals surface area contributed by atoms with E-state index in [-0.39, 0.29) is 28.8 Å². The monoisotopic (exact) mass is 601 g/mol. The van der Waals surface area contributed by atoms with Crippen molar-refractivity contribution in [1.82, 2.24) is 10.2 Å². The number of nitrogens with zero attached hydrogens (tertiary/aromatic N) is 2. The molecule has 220 valence electrons. The summed E-state index contributed by atoms with van der Waals surface area (Å²) in [7, 11) is -1.39. The second-order valence-corrected chi connectivity index (χ2v) is 11.6. The van der Waals surface area contributed by atoms with Crippen molar-refractivity contribution < 1.29 is 27.5 Å². The molecule has 0 fully saturated rings. The highest BCUT2D eigenvalue weighted by Crippen LogP contribution is 2.36. The molecule has 0 saturated carbocycles. The molecule has 2 amide bonds. The predicted molar refractivity (Wildman–Crippen MR) is 160 cm³/mol. The molecule has 0 aliphatic rings. The van der Waals surface area contributed by atoms with Crippen molar-refractivity contribution in [3.05, 3.63) is 83.4 Å². The number of carbonyl (C=O) groups excluding carboxylic acids is 2. The SMILES string of the molecule is CCCCNC(=O)C(C)N(Cc1cccc(Cl)c1)C(=O)CN(c1cc(OC)ccc1OC)S(=O)(=O)c1ccccc1. The number of rotatable bonds is 14. The van der Waals surface area contributed by atoms with E-state index in [1.54, 1.807) is 61.5 Å². The smallest absolute Gasteiger partial charge is 0.264 e. The van der Waals surface area contributed by atoms with E-state index in [4.69, 9.17) is 21.1 Å². The van der Waals surface area contributed by atoms with Gasteiger partial charge in [-0.25, -0.2) is 8.42 Å². The highest BCUT2D eigenvalue weighted by molar-refractivity contribution is 7.92. The van der Waals surface area contributed by atoms with Gasteiger partial charge in [-0.15, -0.1) is 0 Å². The van der Waals surface area contributed by atoms with Crippen LogP contribution in [0.2, 0.25) is 5.02 Å². The summed E-state index contributed by atoms with van der Waals surface area (Å²) >= 11 is 6.19. The van der Waals surface area contributed by atoms with Gasteiger partial charge in [-0.1, -0.05) is 55.3 Å². The van der Waals surface area contributed by atoms with E-state index in [2.05, 4.69) is 5.32 Å². The number of anilines is 1. The Balaban J connectivity index is 2.08. The van der Waals surface area contributed by atoms with Gasteiger partial charge in [0.1, 0.15) is 24.1 Å². The lowest BCUT2D eigenvalue weighted by molar-refractivity contribution is -0.139. The molecule has 0 heterocycles. The van der Waals surface area contributed by atoms with Gasteiger partial charge in [0.2, 0.25) is 11.8 Å². The van der Waals surface area contributed by atoms with Crippen molar-refractivity contribution in [1.29, 1.82) is 0 Å². The van der Waals surface area contributed by atoms with Crippen LogP contribution in [0.5, 0.6) is 11.5 Å². The summed E-state index contributed by atoms with van der Waals surface area (Å²) in [5.41, 5.74) is 0.808. The minimum Gasteiger partial charge on any atom is -0.497 e. The largest absolute Gasteiger partial charge is 0.497 e. The number of unbranched alkanes of at least 4 members (excludes halogenated alkanes) is 1. The fourth-order valence-electron chi connectivity index (χ4n) is 4.18. The van der Waals surface area contributed by atoms with Gasteiger partial charge in [-0.2, -0.15) is 0 Å². The molecular formula is C30H36ClN3O6S. The minimum atomic E-state index is -4.25. The molecule has 41 heavy (non-hydrogen) atoms. The van der Waals surface area contributed by atoms with Crippen molar-refractivity contribution in [2.45, 2.75) is 44.2 Å². The molecule has 1 N–H and O–H groups in total. The maximum Gasteiger partial charge on any atom is 0.264 e. The molecule has 3 aromatic rings. The highest BCUT2D eigenvalue weighted by atomic mass is 35.5. The molecule has 3 rings (SSSR count). The van der Waals surface area contributed by atoms with Crippen LogP contribution in [0.15, 0.2) is 77.7 Å². The first-order valence-corrected chi connectivity index (χ1v) is 15.1. The van der Waals surface area contributed by atoms with Crippen molar-refractivity contribution in [2.24, 2.45) is 0 Å². The zero-order chi connectivity index (χ0) is 30.0. The lowest BCUT2D eigenvalue weighted by Gasteiger charge is -2.32. The maximum absolute atomic E-state index is 14.1. The number of hydrogen-bond donors (Lipinski definition) is 1. The molecule has 9 nitrogen and oxygen atoms in total. The number of benzene rings is 3. The highest BCUT2D eigenvalue weighted by Gasteiger charge is 2.34. The van der Waals surface area contributed by atoms with E-state index in [1.165, 1.54) is 37.3 Å². The molecule has 0 spiro atoms. The third kappa shape index (κ3) is 8.14. The van der Waals surface area contributed by atoms with E-state index in [0.717, 1.165) is 17.1 Å². The van der Waals surface area contributed by atoms with E-state index >= 15 is 0 Å². The van der Waals surface area contributed by atoms with Gasteiger partial charge in [0.15, 0.2) is 0 Å². The first-order valence-electron chi connectivity index (χ1n) is 13.2. The summed E-state index contributed by atoms with van der Waals surface area (Å²) in [6.07, 6.45) is 1.69. The molecular weight excluding hydrogens is 566 g/mol. The first kappa shape index (κ1) is 31.8. The number of amides is 2. The number of hydrogen-bond acceptors (Lipinski definition) is 6. The van der Waals surface area contributed by atoms with Crippen molar-refractivity contribution in [2.75, 3.05) is 31.6 Å². The second-order valence-electron chi connectivity index (χ2n) is 9.33. The maximum atomic E-state index is 14.1. The molecule has 0 radical (unpaired) electrons. The Morgan fingerprint density at radius 2 is 1.71 bits per heavy atom. The summed E-state index contributed by atoms with van der Waals surface area (Å²) in [5, 5.41) is 3.34. The molecule has 0 aliphatic carbocycles. The van der Waals surface area contributed by atoms with Crippen LogP contribution in [0.3, 0.4) is 0 Å². The van der Waals surface area contributed by atoms with E-state index in [9.17, 15) is 18.0 Å². The molecule has 1 atom stereocenters. The van der Waals surface area contributed by atoms with Gasteiger partial charge in [0.05, 0.1) is 24.8 Å². The Hall–Kier alpha value is -3.76. The van der Waals surface area contributed by atoms with Crippen molar-refractivity contribution in [3.63, 3.8) is 0 Å². The zero-order valence-electron chi connectivity index (χ0n) is 23.7. The lowest BCUT2D eigenvalue weighted by atomic mass is 10.1. The van der Waals surface area contributed by atoms with E-state index < -0.39 is 28.5 Å². The summed E-state index contributed by atoms with van der Waals surface area (Å²) in [5.74, 6) is -0.330. The summed E-state index contributed by atoms with van der Waals surface area (Å²) < 4.78 is 39.8. The van der Waals surface area contributed by atoms with Gasteiger partial charge in [-0.05, 0) is 55.3 Å². The average molecular weight is 602 g/mol. The standard InChI is InChI=1S/C30H36ClN3O6S/c1-5-6-17-32-30(36)22(2)33(20-23-11-10-12-24(31)18-23)29(35)21-34(41(37,38)26-13-8-7-9-14-26)27-19-25(39-3)15-16-28(27)40-4/h7-16,18-19,22H,5-6,17,20-21H2,1-4H3,(H,32,36). The zero-order valence-corrected chi connectivity index (χ0v) is 25.2. The van der Waals surface area contributed by atoms with Gasteiger partial charge < -0.3 is 19.7 Å². The van der Waals surface area contributed by atoms with Gasteiger partial charge in [0, 0.05) is 24.2 Å². The van der Waals surface area contributed by atoms with Crippen LogP contribution in [0.1, 0.15) is 32.3 Å². The number of methoxy groups -OCH3 is 2. The predicted octanol–water partition coefficient (Wildman–Crippen LogP) is 4.89. The Kier molecular flexibility index (Phi) is 11.4. The van der Waals surface area contributed by atoms with Crippen LogP contribution >= 0.6 is 11.6 Å². The normalized spacial score (nSPS) is 11.8. The number of sulfonamides is 1. The third-order valence-electron chi connectivity index (χ3n) is 6.50. The minimum absolute atomic E-state index is 0.00980. The average Bonchev–Trinajstić information content (AvgIpc) is 2.98. The summed E-state index contributed by atoms with van der Waals surface area (Å²) in [6.45, 7) is 3.53. The van der Waals surface area contributed by atoms with Crippen LogP contribution in [-0.2, 0) is 26.2 Å². The van der Waals surface area contributed by atoms with E-state index in [0.29, 0.717) is 22.9 Å². The number of halogens is 1. The Bertz CT molecular complexity index is 1440. The quantitative estimate of drug-likeness (QED) is 0.264. The van der Waals surface area contributed by atoms with Gasteiger partial charge in [0.25, 0.3) is 10.0 Å². The first-order chi connectivity index (χ1) is 19.6. The molecule has 0 saturated heterocycles. The molecule has 0 aliphatic heterocycles. The third-order valence-corrected chi connectivity index (χ3v) is 8.51. The summed E-state index contributed by atoms with van der Waals surface area (Å²) in [6, 6.07) is 18.6. The molecule has 0 aromatic heterocycles. The fraction of sp³-hybridized carbons (Fsp3) is 0.333. The van der Waals surface area contributed by atoms with Crippen molar-refractivity contribution >= 4 is 39.1 Å². The topological polar surface area (TPSA) is 105 Å². The second kappa shape index (κ2) is 14.7. The number of nitrogens with one attached hydrogen (secondary N) is 1. The Morgan fingerprint density at radius 1 is 0.976 bits per heavy atom. The van der Waals surface area contributed by atoms with Crippen LogP contribution in [0.25, 0.3) is 0 Å². The van der Waals surface area contributed by atoms with Gasteiger partial charge in [-0.3, -0.25) is 13.9 Å².